The number of amides is 3. The summed E-state index contributed by atoms with van der Waals surface area (Å²) in [6, 6.07) is 0.693. The van der Waals surface area contributed by atoms with Gasteiger partial charge in [-0.25, -0.2) is 14.6 Å². The minimum Gasteiger partial charge on any atom is -0.366 e. The highest BCUT2D eigenvalue weighted by molar-refractivity contribution is 5.86. The Bertz CT molecular complexity index is 439. The first kappa shape index (κ1) is 13.4. The van der Waals surface area contributed by atoms with Gasteiger partial charge in [0.15, 0.2) is 0 Å². The number of aromatic nitrogens is 2. The number of urea groups is 1. The van der Waals surface area contributed by atoms with Crippen LogP contribution in [0.1, 0.15) is 0 Å². The first-order valence-corrected chi connectivity index (χ1v) is 3.99. The lowest BCUT2D eigenvalue weighted by Crippen LogP contribution is -2.22. The van der Waals surface area contributed by atoms with Crippen LogP contribution >= 0.6 is 0 Å². The molecule has 1 aromatic rings. The zero-order valence-electron chi connectivity index (χ0n) is 8.27. The molecular weight excluding hydrogens is 214 g/mol. The van der Waals surface area contributed by atoms with E-state index in [0.29, 0.717) is 0 Å². The second kappa shape index (κ2) is 6.76. The summed E-state index contributed by atoms with van der Waals surface area (Å²) in [5.74, 6) is -0.248. The Hall–Kier alpha value is -2.64. The molecule has 0 aliphatic carbocycles. The van der Waals surface area contributed by atoms with Crippen molar-refractivity contribution in [2.75, 3.05) is 5.32 Å². The molecule has 8 heteroatoms. The van der Waals surface area contributed by atoms with Gasteiger partial charge in [-0.1, -0.05) is 6.58 Å². The van der Waals surface area contributed by atoms with Gasteiger partial charge in [0.25, 0.3) is 0 Å². The molecule has 1 rings (SSSR count). The number of carbonyl (C=O) groups excluding carboxylic acids is 2. The Kier molecular flexibility index (Phi) is 5.65. The van der Waals surface area contributed by atoms with E-state index in [1.54, 1.807) is 0 Å². The number of anilines is 1. The lowest BCUT2D eigenvalue weighted by atomic mass is 10.6. The number of nitrogens with zero attached hydrogens (tertiary/aromatic N) is 1. The minimum atomic E-state index is -0.730. The van der Waals surface area contributed by atoms with Crippen molar-refractivity contribution >= 4 is 17.8 Å². The van der Waals surface area contributed by atoms with Crippen molar-refractivity contribution in [1.82, 2.24) is 9.97 Å². The molecule has 1 heterocycles. The number of carbonyl (C=O) groups is 2. The summed E-state index contributed by atoms with van der Waals surface area (Å²) >= 11 is 0. The van der Waals surface area contributed by atoms with Gasteiger partial charge in [0.1, 0.15) is 5.82 Å². The van der Waals surface area contributed by atoms with Gasteiger partial charge < -0.3 is 11.5 Å². The number of hydrogen-bond acceptors (Lipinski definition) is 4. The molecule has 0 unspecified atom stereocenters. The van der Waals surface area contributed by atoms with Gasteiger partial charge >= 0.3 is 11.7 Å². The zero-order valence-corrected chi connectivity index (χ0v) is 8.27. The second-order valence-electron chi connectivity index (χ2n) is 2.38. The second-order valence-corrected chi connectivity index (χ2v) is 2.38. The fourth-order valence-electron chi connectivity index (χ4n) is 0.574. The summed E-state index contributed by atoms with van der Waals surface area (Å²) in [6.45, 7) is 3.09. The third kappa shape index (κ3) is 6.83. The van der Waals surface area contributed by atoms with Crippen molar-refractivity contribution in [1.29, 1.82) is 0 Å². The lowest BCUT2D eigenvalue weighted by Gasteiger charge is -1.97. The van der Waals surface area contributed by atoms with Crippen LogP contribution in [0.4, 0.5) is 10.6 Å². The number of rotatable bonds is 2. The molecule has 0 aromatic carbocycles. The number of primary amides is 2. The number of H-pyrrole nitrogens is 1. The third-order valence-corrected chi connectivity index (χ3v) is 1.13. The van der Waals surface area contributed by atoms with Crippen molar-refractivity contribution in [3.63, 3.8) is 0 Å². The molecule has 1 aromatic heterocycles. The Morgan fingerprint density at radius 1 is 1.50 bits per heavy atom. The number of nitrogens with two attached hydrogens (primary N) is 2. The van der Waals surface area contributed by atoms with Gasteiger partial charge in [0, 0.05) is 6.20 Å². The van der Waals surface area contributed by atoms with E-state index < -0.39 is 17.6 Å². The number of aromatic amines is 1. The predicted molar refractivity (Wildman–Crippen MR) is 57.5 cm³/mol. The molecule has 0 spiro atoms. The highest BCUT2D eigenvalue weighted by Gasteiger charge is 1.94. The molecule has 0 aliphatic rings. The maximum atomic E-state index is 10.5. The van der Waals surface area contributed by atoms with Crippen molar-refractivity contribution in [2.45, 2.75) is 0 Å². The molecule has 16 heavy (non-hydrogen) atoms. The van der Waals surface area contributed by atoms with E-state index in [1.807, 2.05) is 0 Å². The highest BCUT2D eigenvalue weighted by Crippen LogP contribution is 1.93. The SMILES string of the molecule is C=CC(N)=O.NC(=O)Nc1ccnc(=O)[nH]1. The van der Waals surface area contributed by atoms with Crippen molar-refractivity contribution in [3.8, 4) is 0 Å². The van der Waals surface area contributed by atoms with E-state index in [4.69, 9.17) is 5.73 Å². The summed E-state index contributed by atoms with van der Waals surface area (Å²) in [5, 5.41) is 2.19. The summed E-state index contributed by atoms with van der Waals surface area (Å²) in [6.07, 6.45) is 2.32. The maximum absolute atomic E-state index is 10.5. The Morgan fingerprint density at radius 3 is 2.44 bits per heavy atom. The minimum absolute atomic E-state index is 0.234. The summed E-state index contributed by atoms with van der Waals surface area (Å²) < 4.78 is 0. The van der Waals surface area contributed by atoms with Crippen LogP contribution in [0.3, 0.4) is 0 Å². The quantitative estimate of drug-likeness (QED) is 0.474. The third-order valence-electron chi connectivity index (χ3n) is 1.13. The fourth-order valence-corrected chi connectivity index (χ4v) is 0.574. The van der Waals surface area contributed by atoms with Crippen LogP contribution in [0.25, 0.3) is 0 Å². The van der Waals surface area contributed by atoms with Crippen LogP contribution in [0.2, 0.25) is 0 Å². The smallest absolute Gasteiger partial charge is 0.346 e. The van der Waals surface area contributed by atoms with Gasteiger partial charge in [-0.15, -0.1) is 0 Å². The lowest BCUT2D eigenvalue weighted by molar-refractivity contribution is -0.113. The van der Waals surface area contributed by atoms with Crippen LogP contribution in [-0.2, 0) is 4.79 Å². The van der Waals surface area contributed by atoms with Crippen LogP contribution in [0, 0.1) is 0 Å². The van der Waals surface area contributed by atoms with Gasteiger partial charge in [0.2, 0.25) is 5.91 Å². The number of nitrogens with one attached hydrogen (secondary N) is 2. The normalized spacial score (nSPS) is 8.25. The van der Waals surface area contributed by atoms with E-state index in [9.17, 15) is 14.4 Å². The predicted octanol–water partition coefficient (Wildman–Crippen LogP) is -1.08. The molecule has 0 atom stereocenters. The monoisotopic (exact) mass is 225 g/mol. The van der Waals surface area contributed by atoms with Gasteiger partial charge in [-0.05, 0) is 12.1 Å². The summed E-state index contributed by atoms with van der Waals surface area (Å²) in [5.41, 5.74) is 8.79. The topological polar surface area (TPSA) is 144 Å². The molecule has 0 radical (unpaired) electrons. The first-order valence-electron chi connectivity index (χ1n) is 3.99. The van der Waals surface area contributed by atoms with Crippen LogP contribution in [0.15, 0.2) is 29.7 Å². The van der Waals surface area contributed by atoms with E-state index in [0.717, 1.165) is 6.08 Å². The summed E-state index contributed by atoms with van der Waals surface area (Å²) in [7, 11) is 0. The van der Waals surface area contributed by atoms with Gasteiger partial charge in [-0.3, -0.25) is 15.1 Å². The van der Waals surface area contributed by atoms with Crippen LogP contribution in [0.5, 0.6) is 0 Å². The molecular formula is C8H11N5O3. The molecule has 0 bridgehead atoms. The highest BCUT2D eigenvalue weighted by atomic mass is 16.2. The van der Waals surface area contributed by atoms with E-state index in [1.165, 1.54) is 12.3 Å². The molecule has 3 amide bonds. The molecule has 0 saturated carbocycles. The van der Waals surface area contributed by atoms with E-state index in [-0.39, 0.29) is 5.82 Å². The molecule has 6 N–H and O–H groups in total. The average molecular weight is 225 g/mol. The van der Waals surface area contributed by atoms with Crippen molar-refractivity contribution in [2.24, 2.45) is 11.5 Å². The van der Waals surface area contributed by atoms with Crippen molar-refractivity contribution in [3.05, 3.63) is 35.4 Å². The molecule has 86 valence electrons. The Morgan fingerprint density at radius 2 is 2.06 bits per heavy atom. The zero-order chi connectivity index (χ0) is 12.6. The fraction of sp³-hybridized carbons (Fsp3) is 0. The molecule has 0 saturated heterocycles. The largest absolute Gasteiger partial charge is 0.366 e. The average Bonchev–Trinajstić information content (AvgIpc) is 2.17. The van der Waals surface area contributed by atoms with E-state index >= 15 is 0 Å². The van der Waals surface area contributed by atoms with Crippen LogP contribution < -0.4 is 22.5 Å². The van der Waals surface area contributed by atoms with Crippen LogP contribution in [-0.4, -0.2) is 21.9 Å². The Labute approximate surface area is 90.4 Å². The summed E-state index contributed by atoms with van der Waals surface area (Å²) in [4.78, 5) is 35.8. The first-order chi connectivity index (χ1) is 7.45. The number of hydrogen-bond donors (Lipinski definition) is 4. The van der Waals surface area contributed by atoms with Gasteiger partial charge in [-0.2, -0.15) is 0 Å². The maximum Gasteiger partial charge on any atom is 0.346 e. The van der Waals surface area contributed by atoms with Crippen molar-refractivity contribution < 1.29 is 9.59 Å². The molecule has 0 aliphatic heterocycles. The Balaban J connectivity index is 0.000000385. The van der Waals surface area contributed by atoms with Gasteiger partial charge in [0.05, 0.1) is 0 Å². The van der Waals surface area contributed by atoms with E-state index in [2.05, 4.69) is 27.6 Å². The molecule has 0 fully saturated rings. The molecule has 8 nitrogen and oxygen atoms in total. The standard InChI is InChI=1S/C5H6N4O2.C3H5NO/c6-4(10)8-3-1-2-7-5(11)9-3;1-2-3(4)5/h1-2H,(H4,6,7,8,9,10,11);2H,1H2,(H2,4,5).